The Morgan fingerprint density at radius 2 is 1.53 bits per heavy atom. The number of amides is 1. The number of rotatable bonds is 15. The lowest BCUT2D eigenvalue weighted by Gasteiger charge is -2.44. The van der Waals surface area contributed by atoms with Gasteiger partial charge in [0, 0.05) is 12.1 Å². The van der Waals surface area contributed by atoms with Crippen LogP contribution in [0.3, 0.4) is 0 Å². The van der Waals surface area contributed by atoms with Crippen molar-refractivity contribution in [1.82, 2.24) is 9.55 Å². The van der Waals surface area contributed by atoms with E-state index in [1.807, 2.05) is 78.9 Å². The Hall–Kier alpha value is -5.57. The molecule has 0 unspecified atom stereocenters. The Morgan fingerprint density at radius 1 is 0.925 bits per heavy atom. The van der Waals surface area contributed by atoms with E-state index in [0.717, 1.165) is 16.7 Å². The number of carboxylic acid groups (broad SMARTS) is 1. The molecule has 1 amide bonds. The van der Waals surface area contributed by atoms with E-state index in [-0.39, 0.29) is 30.9 Å². The lowest BCUT2D eigenvalue weighted by Crippen LogP contribution is -2.63. The number of hydrogen-bond acceptors (Lipinski definition) is 11. The molecule has 278 valence electrons. The van der Waals surface area contributed by atoms with Crippen LogP contribution < -0.4 is 20.5 Å². The molecule has 1 aromatic heterocycles. The molecule has 2 aliphatic heterocycles. The van der Waals surface area contributed by atoms with Crippen molar-refractivity contribution in [3.63, 3.8) is 0 Å². The first kappa shape index (κ1) is 37.2. The number of aromatic nitrogens is 2. The molecule has 6 rings (SSSR count). The second kappa shape index (κ2) is 15.6. The van der Waals surface area contributed by atoms with Gasteiger partial charge < -0.3 is 38.8 Å². The van der Waals surface area contributed by atoms with Gasteiger partial charge in [0.1, 0.15) is 35.1 Å². The number of methoxy groups -OCH3 is 2. The Morgan fingerprint density at radius 3 is 2.04 bits per heavy atom. The van der Waals surface area contributed by atoms with Crippen LogP contribution in [0.1, 0.15) is 43.4 Å². The SMILES string of the molecule is COc1ccc(C(OC[C@H]2O[C@]3(n4ccc(NC(=O)C(C)C)nc4=O)CO[C@@H]3[C@@H]2OC(=O)CCC(=O)O)(c2ccccc2)c2ccc(OC)cc2)cc1. The van der Waals surface area contributed by atoms with Crippen LogP contribution in [0.2, 0.25) is 0 Å². The predicted molar refractivity (Wildman–Crippen MR) is 190 cm³/mol. The zero-order valence-electron chi connectivity index (χ0n) is 29.7. The molecule has 2 aliphatic rings. The minimum absolute atomic E-state index is 0.0688. The molecule has 3 aromatic carbocycles. The lowest BCUT2D eigenvalue weighted by molar-refractivity contribution is -0.280. The Bertz CT molecular complexity index is 1940. The van der Waals surface area contributed by atoms with Gasteiger partial charge in [-0.2, -0.15) is 4.98 Å². The van der Waals surface area contributed by atoms with Gasteiger partial charge in [0.2, 0.25) is 11.6 Å². The predicted octanol–water partition coefficient (Wildman–Crippen LogP) is 4.09. The van der Waals surface area contributed by atoms with E-state index >= 15 is 0 Å². The second-order valence-corrected chi connectivity index (χ2v) is 13.0. The number of fused-ring (bicyclic) bond motifs is 1. The monoisotopic (exact) mass is 727 g/mol. The highest BCUT2D eigenvalue weighted by Crippen LogP contribution is 2.48. The fourth-order valence-corrected chi connectivity index (χ4v) is 6.56. The van der Waals surface area contributed by atoms with E-state index in [0.29, 0.717) is 11.5 Å². The number of esters is 1. The summed E-state index contributed by atoms with van der Waals surface area (Å²) in [5, 5.41) is 11.8. The fourth-order valence-electron chi connectivity index (χ4n) is 6.56. The van der Waals surface area contributed by atoms with Crippen LogP contribution in [0.4, 0.5) is 5.82 Å². The van der Waals surface area contributed by atoms with Gasteiger partial charge in [-0.05, 0) is 47.0 Å². The number of nitrogens with one attached hydrogen (secondary N) is 1. The van der Waals surface area contributed by atoms with Crippen molar-refractivity contribution in [3.05, 3.63) is 118 Å². The molecule has 53 heavy (non-hydrogen) atoms. The van der Waals surface area contributed by atoms with Gasteiger partial charge >= 0.3 is 17.6 Å². The molecular formula is C39H41N3O11. The molecule has 4 atom stereocenters. The second-order valence-electron chi connectivity index (χ2n) is 13.0. The van der Waals surface area contributed by atoms with E-state index in [4.69, 9.17) is 28.4 Å². The largest absolute Gasteiger partial charge is 0.497 e. The van der Waals surface area contributed by atoms with E-state index in [1.165, 1.54) is 16.8 Å². The quantitative estimate of drug-likeness (QED) is 0.133. The van der Waals surface area contributed by atoms with Gasteiger partial charge in [-0.25, -0.2) is 4.79 Å². The smallest absolute Gasteiger partial charge is 0.352 e. The molecule has 0 bridgehead atoms. The first-order valence-electron chi connectivity index (χ1n) is 17.1. The number of anilines is 1. The standard InChI is InChI=1S/C39H41N3O11/c1-24(2)36(46)40-31-20-21-42(37(47)41-31)38-23-50-35(38)34(52-33(45)19-18-32(43)44)30(53-38)22-51-39(25-8-6-5-7-9-25,26-10-14-28(48-3)15-11-26)27-12-16-29(49-4)17-13-27/h5-17,20-21,24,30,34-35H,18-19,22-23H2,1-4H3,(H,43,44)(H,40,41,46,47)/t30-,34-,35-,38-/m1/s1. The molecule has 0 spiro atoms. The third-order valence-corrected chi connectivity index (χ3v) is 9.37. The van der Waals surface area contributed by atoms with Crippen molar-refractivity contribution in [2.75, 3.05) is 32.8 Å². The van der Waals surface area contributed by atoms with Gasteiger partial charge in [0.15, 0.2) is 6.10 Å². The summed E-state index contributed by atoms with van der Waals surface area (Å²) in [6.07, 6.45) is -2.50. The summed E-state index contributed by atoms with van der Waals surface area (Å²) in [6, 6.07) is 25.9. The minimum atomic E-state index is -1.45. The molecule has 0 radical (unpaired) electrons. The van der Waals surface area contributed by atoms with Crippen molar-refractivity contribution in [2.24, 2.45) is 5.92 Å². The van der Waals surface area contributed by atoms with Crippen molar-refractivity contribution in [3.8, 4) is 11.5 Å². The molecule has 0 saturated carbocycles. The summed E-state index contributed by atoms with van der Waals surface area (Å²) in [5.74, 6) is -1.24. The number of hydrogen-bond donors (Lipinski definition) is 2. The molecule has 0 aliphatic carbocycles. The summed E-state index contributed by atoms with van der Waals surface area (Å²) >= 11 is 0. The maximum Gasteiger partial charge on any atom is 0.352 e. The summed E-state index contributed by atoms with van der Waals surface area (Å²) in [5.41, 5.74) is -1.17. The number of aliphatic carboxylic acids is 1. The minimum Gasteiger partial charge on any atom is -0.497 e. The van der Waals surface area contributed by atoms with Gasteiger partial charge in [0.25, 0.3) is 0 Å². The fraction of sp³-hybridized carbons (Fsp3) is 0.359. The van der Waals surface area contributed by atoms with Gasteiger partial charge in [0.05, 0.1) is 40.3 Å². The molecule has 2 saturated heterocycles. The average Bonchev–Trinajstić information content (AvgIpc) is 3.36. The summed E-state index contributed by atoms with van der Waals surface area (Å²) < 4.78 is 37.7. The summed E-state index contributed by atoms with van der Waals surface area (Å²) in [4.78, 5) is 54.1. The third-order valence-electron chi connectivity index (χ3n) is 9.37. The number of nitrogens with zero attached hydrogens (tertiary/aromatic N) is 2. The van der Waals surface area contributed by atoms with Gasteiger partial charge in [-0.1, -0.05) is 68.4 Å². The number of ether oxygens (including phenoxy) is 6. The van der Waals surface area contributed by atoms with Crippen LogP contribution >= 0.6 is 0 Å². The molecule has 2 fully saturated rings. The molecule has 3 heterocycles. The van der Waals surface area contributed by atoms with Gasteiger partial charge in [-0.3, -0.25) is 19.0 Å². The number of benzene rings is 3. The Balaban J connectivity index is 1.41. The number of carboxylic acids is 1. The van der Waals surface area contributed by atoms with Gasteiger partial charge in [-0.15, -0.1) is 0 Å². The highest BCUT2D eigenvalue weighted by molar-refractivity contribution is 5.91. The van der Waals surface area contributed by atoms with Crippen molar-refractivity contribution in [2.45, 2.75) is 56.3 Å². The van der Waals surface area contributed by atoms with Crippen molar-refractivity contribution in [1.29, 1.82) is 0 Å². The van der Waals surface area contributed by atoms with E-state index in [1.54, 1.807) is 28.1 Å². The van der Waals surface area contributed by atoms with Crippen LogP contribution in [-0.2, 0) is 44.7 Å². The highest BCUT2D eigenvalue weighted by atomic mass is 16.7. The molecular weight excluding hydrogens is 686 g/mol. The average molecular weight is 728 g/mol. The molecule has 14 nitrogen and oxygen atoms in total. The van der Waals surface area contributed by atoms with Crippen LogP contribution in [0, 0.1) is 5.92 Å². The van der Waals surface area contributed by atoms with E-state index in [2.05, 4.69) is 10.3 Å². The number of carbonyl (C=O) groups is 3. The first-order chi connectivity index (χ1) is 25.5. The number of carbonyl (C=O) groups excluding carboxylic acids is 2. The molecule has 14 heteroatoms. The first-order valence-corrected chi connectivity index (χ1v) is 17.1. The van der Waals surface area contributed by atoms with E-state index in [9.17, 15) is 24.3 Å². The molecule has 4 aromatic rings. The highest BCUT2D eigenvalue weighted by Gasteiger charge is 2.66. The molecule has 2 N–H and O–H groups in total. The zero-order chi connectivity index (χ0) is 37.8. The van der Waals surface area contributed by atoms with E-state index < -0.39 is 60.1 Å². The maximum atomic E-state index is 13.5. The van der Waals surface area contributed by atoms with Crippen molar-refractivity contribution >= 4 is 23.7 Å². The van der Waals surface area contributed by atoms with Crippen molar-refractivity contribution < 1.29 is 47.9 Å². The Labute approximate surface area is 305 Å². The maximum absolute atomic E-state index is 13.5. The van der Waals surface area contributed by atoms with Crippen LogP contribution in [0.15, 0.2) is 95.9 Å². The third kappa shape index (κ3) is 7.38. The normalized spacial score (nSPS) is 20.6. The summed E-state index contributed by atoms with van der Waals surface area (Å²) in [6.45, 7) is 3.16. The van der Waals surface area contributed by atoms with Crippen LogP contribution in [0.25, 0.3) is 0 Å². The summed E-state index contributed by atoms with van der Waals surface area (Å²) in [7, 11) is 3.16. The Kier molecular flexibility index (Phi) is 10.9. The van der Waals surface area contributed by atoms with Crippen LogP contribution in [-0.4, -0.2) is 78.2 Å². The zero-order valence-corrected chi connectivity index (χ0v) is 29.7. The van der Waals surface area contributed by atoms with Crippen LogP contribution in [0.5, 0.6) is 11.5 Å². The topological polar surface area (TPSA) is 174 Å². The lowest BCUT2D eigenvalue weighted by atomic mass is 9.80.